The third-order valence-corrected chi connectivity index (χ3v) is 5.95. The lowest BCUT2D eigenvalue weighted by Crippen LogP contribution is -2.42. The Bertz CT molecular complexity index is 1170. The van der Waals surface area contributed by atoms with Gasteiger partial charge in [-0.1, -0.05) is 48.5 Å². The molecule has 0 aliphatic rings. The molecule has 0 saturated carbocycles. The molecule has 0 radical (unpaired) electrons. The number of aromatic nitrogens is 2. The number of para-hydroxylation sites is 1. The molecule has 2 aromatic carbocycles. The Morgan fingerprint density at radius 3 is 2.04 bits per heavy atom. The second-order valence-corrected chi connectivity index (χ2v) is 7.91. The highest BCUT2D eigenvalue weighted by Crippen LogP contribution is 2.24. The summed E-state index contributed by atoms with van der Waals surface area (Å²) in [6.45, 7) is 0.0547. The molecule has 7 nitrogen and oxygen atoms in total. The first-order chi connectivity index (χ1) is 12.8. The Kier molecular flexibility index (Phi) is 5.00. The highest BCUT2D eigenvalue weighted by atomic mass is 32.2. The summed E-state index contributed by atoms with van der Waals surface area (Å²) in [5.74, 6) is 0. The maximum absolute atomic E-state index is 13.4. The van der Waals surface area contributed by atoms with Crippen molar-refractivity contribution in [3.63, 3.8) is 0 Å². The van der Waals surface area contributed by atoms with Gasteiger partial charge in [-0.15, -0.1) is 0 Å². The standard InChI is InChI=1S/C19H19N3O4S/c1-20-14-17(18(23)21(2)19(20)24)27(25,26)22(16-11-7-4-8-12-16)13-15-9-5-3-6-10-15/h3-12,14H,13H2,1-2H3. The normalized spacial score (nSPS) is 11.3. The Balaban J connectivity index is 2.20. The van der Waals surface area contributed by atoms with Crippen molar-refractivity contribution in [2.45, 2.75) is 11.4 Å². The number of benzene rings is 2. The number of nitrogens with zero attached hydrogens (tertiary/aromatic N) is 3. The van der Waals surface area contributed by atoms with Crippen molar-refractivity contribution in [2.75, 3.05) is 4.31 Å². The molecule has 0 aliphatic carbocycles. The first-order valence-corrected chi connectivity index (χ1v) is 9.65. The van der Waals surface area contributed by atoms with Crippen molar-refractivity contribution in [1.29, 1.82) is 0 Å². The molecule has 0 bridgehead atoms. The van der Waals surface area contributed by atoms with Gasteiger partial charge in [0.1, 0.15) is 0 Å². The van der Waals surface area contributed by atoms with Gasteiger partial charge in [-0.05, 0) is 17.7 Å². The summed E-state index contributed by atoms with van der Waals surface area (Å²) < 4.78 is 29.8. The van der Waals surface area contributed by atoms with Crippen molar-refractivity contribution in [3.05, 3.63) is 93.3 Å². The number of anilines is 1. The number of rotatable bonds is 5. The van der Waals surface area contributed by atoms with E-state index in [-0.39, 0.29) is 6.54 Å². The molecular weight excluding hydrogens is 366 g/mol. The first kappa shape index (κ1) is 18.7. The van der Waals surface area contributed by atoms with Gasteiger partial charge < -0.3 is 4.57 Å². The monoisotopic (exact) mass is 385 g/mol. The quantitative estimate of drug-likeness (QED) is 0.666. The Labute approximate surface area is 156 Å². The number of sulfonamides is 1. The van der Waals surface area contributed by atoms with Gasteiger partial charge in [0.25, 0.3) is 15.6 Å². The predicted octanol–water partition coefficient (Wildman–Crippen LogP) is 1.48. The van der Waals surface area contributed by atoms with Gasteiger partial charge in [0.15, 0.2) is 4.90 Å². The second-order valence-electron chi connectivity index (χ2n) is 6.08. The van der Waals surface area contributed by atoms with Gasteiger partial charge in [0.2, 0.25) is 0 Å². The fourth-order valence-electron chi connectivity index (χ4n) is 2.73. The van der Waals surface area contributed by atoms with Crippen LogP contribution in [-0.4, -0.2) is 17.6 Å². The lowest BCUT2D eigenvalue weighted by Gasteiger charge is -2.24. The highest BCUT2D eigenvalue weighted by Gasteiger charge is 2.29. The molecule has 0 atom stereocenters. The molecule has 1 aromatic heterocycles. The SMILES string of the molecule is Cn1cc(S(=O)(=O)N(Cc2ccccc2)c2ccccc2)c(=O)n(C)c1=O. The average molecular weight is 385 g/mol. The largest absolute Gasteiger partial charge is 0.330 e. The van der Waals surface area contributed by atoms with Gasteiger partial charge in [-0.2, -0.15) is 0 Å². The third-order valence-electron chi connectivity index (χ3n) is 4.20. The van der Waals surface area contributed by atoms with Crippen molar-refractivity contribution in [3.8, 4) is 0 Å². The van der Waals surface area contributed by atoms with Gasteiger partial charge in [0, 0.05) is 20.3 Å². The number of hydrogen-bond donors (Lipinski definition) is 0. The number of hydrogen-bond acceptors (Lipinski definition) is 4. The summed E-state index contributed by atoms with van der Waals surface area (Å²) in [4.78, 5) is 24.0. The second kappa shape index (κ2) is 7.24. The van der Waals surface area contributed by atoms with Gasteiger partial charge in [-0.25, -0.2) is 13.2 Å². The average Bonchev–Trinajstić information content (AvgIpc) is 2.68. The molecule has 0 aliphatic heterocycles. The van der Waals surface area contributed by atoms with E-state index >= 15 is 0 Å². The zero-order valence-electron chi connectivity index (χ0n) is 14.9. The summed E-state index contributed by atoms with van der Waals surface area (Å²) in [5, 5.41) is 0. The molecule has 0 N–H and O–H groups in total. The predicted molar refractivity (Wildman–Crippen MR) is 103 cm³/mol. The molecule has 0 fully saturated rings. The van der Waals surface area contributed by atoms with Crippen LogP contribution in [0.2, 0.25) is 0 Å². The molecule has 140 valence electrons. The summed E-state index contributed by atoms with van der Waals surface area (Å²) in [6, 6.07) is 17.6. The Hall–Kier alpha value is -3.13. The van der Waals surface area contributed by atoms with Crippen LogP contribution in [0.3, 0.4) is 0 Å². The van der Waals surface area contributed by atoms with Crippen molar-refractivity contribution >= 4 is 15.7 Å². The fourth-order valence-corrected chi connectivity index (χ4v) is 4.33. The molecule has 3 aromatic rings. The summed E-state index contributed by atoms with van der Waals surface area (Å²) in [5.41, 5.74) is -0.246. The molecule has 0 unspecified atom stereocenters. The van der Waals surface area contributed by atoms with Crippen LogP contribution >= 0.6 is 0 Å². The van der Waals surface area contributed by atoms with Crippen molar-refractivity contribution in [1.82, 2.24) is 9.13 Å². The van der Waals surface area contributed by atoms with Crippen LogP contribution in [0, 0.1) is 0 Å². The van der Waals surface area contributed by atoms with E-state index in [0.29, 0.717) is 5.69 Å². The maximum Gasteiger partial charge on any atom is 0.330 e. The molecule has 8 heteroatoms. The van der Waals surface area contributed by atoms with Crippen LogP contribution in [0.4, 0.5) is 5.69 Å². The van der Waals surface area contributed by atoms with E-state index in [0.717, 1.165) is 20.9 Å². The molecule has 3 rings (SSSR count). The summed E-state index contributed by atoms with van der Waals surface area (Å²) in [7, 11) is -1.54. The van der Waals surface area contributed by atoms with E-state index in [1.54, 1.807) is 30.3 Å². The fraction of sp³-hybridized carbons (Fsp3) is 0.158. The van der Waals surface area contributed by atoms with Crippen molar-refractivity contribution < 1.29 is 8.42 Å². The molecule has 0 saturated heterocycles. The molecule has 0 amide bonds. The van der Waals surface area contributed by atoms with Crippen LogP contribution in [0.25, 0.3) is 0 Å². The molecule has 27 heavy (non-hydrogen) atoms. The minimum atomic E-state index is -4.20. The van der Waals surface area contributed by atoms with Gasteiger partial charge >= 0.3 is 5.69 Å². The van der Waals surface area contributed by atoms with E-state index in [2.05, 4.69) is 0 Å². The van der Waals surface area contributed by atoms with Crippen LogP contribution in [0.5, 0.6) is 0 Å². The van der Waals surface area contributed by atoms with Crippen LogP contribution in [-0.2, 0) is 30.7 Å². The smallest absolute Gasteiger partial charge is 0.302 e. The molecular formula is C19H19N3O4S. The van der Waals surface area contributed by atoms with E-state index in [9.17, 15) is 18.0 Å². The van der Waals surface area contributed by atoms with Gasteiger partial charge in [0.05, 0.1) is 12.2 Å². The zero-order valence-corrected chi connectivity index (χ0v) is 15.8. The van der Waals surface area contributed by atoms with E-state index in [1.807, 2.05) is 30.3 Å². The summed E-state index contributed by atoms with van der Waals surface area (Å²) in [6.07, 6.45) is 1.07. The minimum absolute atomic E-state index is 0.0547. The van der Waals surface area contributed by atoms with E-state index in [1.165, 1.54) is 18.4 Å². The maximum atomic E-state index is 13.4. The highest BCUT2D eigenvalue weighted by molar-refractivity contribution is 7.92. The first-order valence-electron chi connectivity index (χ1n) is 8.21. The minimum Gasteiger partial charge on any atom is -0.302 e. The van der Waals surface area contributed by atoms with Crippen LogP contribution < -0.4 is 15.6 Å². The van der Waals surface area contributed by atoms with Crippen LogP contribution in [0.1, 0.15) is 5.56 Å². The zero-order chi connectivity index (χ0) is 19.6. The molecule has 0 spiro atoms. The number of aryl methyl sites for hydroxylation is 1. The lowest BCUT2D eigenvalue weighted by atomic mass is 10.2. The summed E-state index contributed by atoms with van der Waals surface area (Å²) >= 11 is 0. The van der Waals surface area contributed by atoms with E-state index < -0.39 is 26.2 Å². The van der Waals surface area contributed by atoms with Crippen LogP contribution in [0.15, 0.2) is 81.3 Å². The Morgan fingerprint density at radius 2 is 1.44 bits per heavy atom. The Morgan fingerprint density at radius 1 is 0.889 bits per heavy atom. The topological polar surface area (TPSA) is 81.4 Å². The van der Waals surface area contributed by atoms with Gasteiger partial charge in [-0.3, -0.25) is 13.7 Å². The lowest BCUT2D eigenvalue weighted by molar-refractivity contribution is 0.579. The van der Waals surface area contributed by atoms with E-state index in [4.69, 9.17) is 0 Å². The molecule has 1 heterocycles. The third kappa shape index (κ3) is 3.56. The van der Waals surface area contributed by atoms with Crippen molar-refractivity contribution in [2.24, 2.45) is 14.1 Å².